The lowest BCUT2D eigenvalue weighted by atomic mass is 9.92. The van der Waals surface area contributed by atoms with E-state index < -0.39 is 29.7 Å². The Balaban J connectivity index is 1.62. The number of hydrogen-bond acceptors (Lipinski definition) is 4. The first-order valence-corrected chi connectivity index (χ1v) is 10.6. The lowest BCUT2D eigenvalue weighted by molar-refractivity contribution is -0.146. The molecule has 3 unspecified atom stereocenters. The molecule has 4 rings (SSSR count). The summed E-state index contributed by atoms with van der Waals surface area (Å²) in [6, 6.07) is 2.97. The van der Waals surface area contributed by atoms with Crippen LogP contribution in [-0.4, -0.2) is 78.0 Å². The van der Waals surface area contributed by atoms with E-state index in [0.29, 0.717) is 18.8 Å². The minimum Gasteiger partial charge on any atom is -0.372 e. The van der Waals surface area contributed by atoms with Crippen LogP contribution in [0.4, 0.5) is 18.0 Å². The molecule has 33 heavy (non-hydrogen) atoms. The number of carbonyl (C=O) groups is 3. The smallest absolute Gasteiger partial charge is 0.372 e. The van der Waals surface area contributed by atoms with Crippen LogP contribution in [0, 0.1) is 0 Å². The number of nitrogens with one attached hydrogen (secondary N) is 1. The number of alkyl halides is 3. The van der Waals surface area contributed by atoms with Crippen LogP contribution in [0.1, 0.15) is 31.0 Å². The van der Waals surface area contributed by atoms with Crippen molar-refractivity contribution >= 4 is 17.8 Å². The van der Waals surface area contributed by atoms with E-state index in [0.717, 1.165) is 6.07 Å². The van der Waals surface area contributed by atoms with Crippen molar-refractivity contribution in [3.8, 4) is 0 Å². The number of ether oxygens (including phenoxy) is 1. The summed E-state index contributed by atoms with van der Waals surface area (Å²) >= 11 is 0. The molecule has 1 aromatic rings. The largest absolute Gasteiger partial charge is 0.416 e. The van der Waals surface area contributed by atoms with Crippen molar-refractivity contribution in [2.45, 2.75) is 38.3 Å². The van der Waals surface area contributed by atoms with Crippen molar-refractivity contribution in [1.82, 2.24) is 20.0 Å². The van der Waals surface area contributed by atoms with Gasteiger partial charge in [0.1, 0.15) is 6.54 Å². The molecule has 3 aliphatic rings. The van der Waals surface area contributed by atoms with Gasteiger partial charge in [-0.2, -0.15) is 13.2 Å². The van der Waals surface area contributed by atoms with Gasteiger partial charge in [-0.3, -0.25) is 14.5 Å². The first-order valence-electron chi connectivity index (χ1n) is 10.6. The van der Waals surface area contributed by atoms with Crippen LogP contribution in [0.5, 0.6) is 0 Å². The molecule has 0 aromatic heterocycles. The number of benzene rings is 1. The summed E-state index contributed by atoms with van der Waals surface area (Å²) in [7, 11) is 1.44. The van der Waals surface area contributed by atoms with E-state index in [2.05, 4.69) is 5.32 Å². The number of morpholine rings is 1. The number of hydrogen-bond donors (Lipinski definition) is 1. The third kappa shape index (κ3) is 4.29. The number of halogens is 3. The van der Waals surface area contributed by atoms with Gasteiger partial charge in [0, 0.05) is 20.1 Å². The van der Waals surface area contributed by atoms with E-state index in [4.69, 9.17) is 4.74 Å². The van der Waals surface area contributed by atoms with Gasteiger partial charge in [-0.05, 0) is 25.5 Å². The molecule has 0 bridgehead atoms. The second-order valence-corrected chi connectivity index (χ2v) is 8.60. The van der Waals surface area contributed by atoms with Gasteiger partial charge >= 0.3 is 12.2 Å². The third-order valence-corrected chi connectivity index (χ3v) is 6.11. The van der Waals surface area contributed by atoms with Gasteiger partial charge in [0.25, 0.3) is 5.91 Å². The van der Waals surface area contributed by atoms with Crippen LogP contribution in [0.25, 0.3) is 0 Å². The van der Waals surface area contributed by atoms with Crippen LogP contribution in [-0.2, 0) is 20.5 Å². The fraction of sp³-hybridized carbons (Fsp3) is 0.500. The highest BCUT2D eigenvalue weighted by Gasteiger charge is 2.46. The molecule has 0 saturated carbocycles. The van der Waals surface area contributed by atoms with Gasteiger partial charge in [-0.1, -0.05) is 18.2 Å². The van der Waals surface area contributed by atoms with Crippen LogP contribution < -0.4 is 5.32 Å². The van der Waals surface area contributed by atoms with E-state index in [1.807, 2.05) is 13.8 Å². The summed E-state index contributed by atoms with van der Waals surface area (Å²) in [4.78, 5) is 42.8. The summed E-state index contributed by atoms with van der Waals surface area (Å²) in [5, 5.41) is 2.52. The molecule has 1 saturated heterocycles. The molecule has 0 spiro atoms. The molecule has 3 aliphatic heterocycles. The maximum absolute atomic E-state index is 13.6. The Morgan fingerprint density at radius 3 is 2.42 bits per heavy atom. The normalized spacial score (nSPS) is 26.0. The molecule has 3 heterocycles. The monoisotopic (exact) mass is 466 g/mol. The van der Waals surface area contributed by atoms with Crippen LogP contribution in [0.2, 0.25) is 0 Å². The van der Waals surface area contributed by atoms with Crippen LogP contribution in [0.15, 0.2) is 35.5 Å². The van der Waals surface area contributed by atoms with E-state index in [1.54, 1.807) is 4.90 Å². The number of nitrogens with zero attached hydrogens (tertiary/aromatic N) is 3. The molecule has 3 atom stereocenters. The minimum atomic E-state index is -4.66. The van der Waals surface area contributed by atoms with Crippen LogP contribution >= 0.6 is 0 Å². The zero-order chi connectivity index (χ0) is 24.1. The molecule has 1 aromatic carbocycles. The molecule has 1 fully saturated rings. The number of rotatable bonds is 3. The van der Waals surface area contributed by atoms with E-state index in [9.17, 15) is 27.6 Å². The summed E-state index contributed by atoms with van der Waals surface area (Å²) in [5.74, 6) is -0.846. The number of likely N-dealkylation sites (N-methyl/N-ethyl adjacent to an activating group) is 1. The molecular formula is C22H25F3N4O4. The van der Waals surface area contributed by atoms with Crippen molar-refractivity contribution in [2.75, 3.05) is 33.2 Å². The summed E-state index contributed by atoms with van der Waals surface area (Å²) in [6.07, 6.45) is -4.95. The molecule has 8 nitrogen and oxygen atoms in total. The Morgan fingerprint density at radius 2 is 1.79 bits per heavy atom. The van der Waals surface area contributed by atoms with E-state index in [1.165, 1.54) is 35.0 Å². The zero-order valence-electron chi connectivity index (χ0n) is 18.5. The van der Waals surface area contributed by atoms with Crippen molar-refractivity contribution in [2.24, 2.45) is 0 Å². The lowest BCUT2D eigenvalue weighted by Gasteiger charge is -2.36. The maximum Gasteiger partial charge on any atom is 0.416 e. The second kappa shape index (κ2) is 8.36. The van der Waals surface area contributed by atoms with Gasteiger partial charge < -0.3 is 19.9 Å². The van der Waals surface area contributed by atoms with Gasteiger partial charge in [-0.15, -0.1) is 0 Å². The Morgan fingerprint density at radius 1 is 1.15 bits per heavy atom. The van der Waals surface area contributed by atoms with Gasteiger partial charge in [-0.25, -0.2) is 4.79 Å². The average Bonchev–Trinajstić information content (AvgIpc) is 3.06. The molecule has 0 radical (unpaired) electrons. The Labute approximate surface area is 188 Å². The average molecular weight is 466 g/mol. The lowest BCUT2D eigenvalue weighted by Crippen LogP contribution is -2.51. The SMILES string of the molecule is CC1CN(C(=O)CN2CC3=C(C2=O)C(c2ccccc2C(F)(F)F)NC(=O)N3C)CC(C)O1. The molecule has 1 N–H and O–H groups in total. The minimum absolute atomic E-state index is 0.0377. The van der Waals surface area contributed by atoms with Gasteiger partial charge in [0.15, 0.2) is 0 Å². The summed E-state index contributed by atoms with van der Waals surface area (Å²) in [6.45, 7) is 4.21. The van der Waals surface area contributed by atoms with Crippen molar-refractivity contribution in [1.29, 1.82) is 0 Å². The predicted octanol–water partition coefficient (Wildman–Crippen LogP) is 2.13. The molecular weight excluding hydrogens is 441 g/mol. The van der Waals surface area contributed by atoms with E-state index in [-0.39, 0.29) is 42.3 Å². The fourth-order valence-electron chi connectivity index (χ4n) is 4.64. The van der Waals surface area contributed by atoms with Gasteiger partial charge in [0.2, 0.25) is 5.91 Å². The Kier molecular flexibility index (Phi) is 5.85. The predicted molar refractivity (Wildman–Crippen MR) is 111 cm³/mol. The maximum atomic E-state index is 13.6. The highest BCUT2D eigenvalue weighted by molar-refractivity contribution is 6.03. The molecule has 11 heteroatoms. The molecule has 178 valence electrons. The summed E-state index contributed by atoms with van der Waals surface area (Å²) in [5.41, 5.74) is -0.797. The number of carbonyl (C=O) groups excluding carboxylic acids is 3. The Hall–Kier alpha value is -3.08. The Bertz CT molecular complexity index is 1020. The van der Waals surface area contributed by atoms with Crippen LogP contribution in [0.3, 0.4) is 0 Å². The van der Waals surface area contributed by atoms with Gasteiger partial charge in [0.05, 0.1) is 41.6 Å². The standard InChI is InChI=1S/C22H25F3N4O4/c1-12-8-28(9-13(2)33-12)17(30)11-29-10-16-18(20(29)31)19(26-21(32)27(16)3)14-6-4-5-7-15(14)22(23,24)25/h4-7,12-13,19H,8-11H2,1-3H3,(H,26,32). The highest BCUT2D eigenvalue weighted by Crippen LogP contribution is 2.41. The summed E-state index contributed by atoms with van der Waals surface area (Å²) < 4.78 is 46.6. The fourth-order valence-corrected chi connectivity index (χ4v) is 4.64. The zero-order valence-corrected chi connectivity index (χ0v) is 18.5. The third-order valence-electron chi connectivity index (χ3n) is 6.11. The first-order chi connectivity index (χ1) is 15.5. The second-order valence-electron chi connectivity index (χ2n) is 8.60. The van der Waals surface area contributed by atoms with Crippen molar-refractivity contribution < 1.29 is 32.3 Å². The topological polar surface area (TPSA) is 82.2 Å². The van der Waals surface area contributed by atoms with E-state index >= 15 is 0 Å². The van der Waals surface area contributed by atoms with Crippen molar-refractivity contribution in [3.05, 3.63) is 46.7 Å². The molecule has 4 amide bonds. The quantitative estimate of drug-likeness (QED) is 0.740. The number of amides is 4. The highest BCUT2D eigenvalue weighted by atomic mass is 19.4. The first kappa shape index (κ1) is 23.1. The molecule has 0 aliphatic carbocycles. The number of urea groups is 1. The van der Waals surface area contributed by atoms with Crippen molar-refractivity contribution in [3.63, 3.8) is 0 Å².